The van der Waals surface area contributed by atoms with Gasteiger partial charge in [-0.2, -0.15) is 4.98 Å². The van der Waals surface area contributed by atoms with Crippen LogP contribution in [0.15, 0.2) is 53.1 Å². The number of nitrogens with zero attached hydrogens (tertiary/aromatic N) is 4. The molecule has 0 bridgehead atoms. The summed E-state index contributed by atoms with van der Waals surface area (Å²) in [5, 5.41) is 7.34. The second kappa shape index (κ2) is 11.8. The standard InChI is InChI=1S/C28H35N5O3/c1-21-5-4-8-23(17-21)27-30-26(36-31-27)20-32-11-9-22(10-12-32)28(34)29-18-24-6-2-3-7-25(24)19-33-13-15-35-16-14-33/h2-8,17,22H,9-16,18-20H2,1H3,(H,29,34). The summed E-state index contributed by atoms with van der Waals surface area (Å²) in [5.74, 6) is 1.43. The van der Waals surface area contributed by atoms with Crippen LogP contribution in [0.2, 0.25) is 0 Å². The highest BCUT2D eigenvalue weighted by Gasteiger charge is 2.26. The largest absolute Gasteiger partial charge is 0.379 e. The van der Waals surface area contributed by atoms with Gasteiger partial charge in [-0.1, -0.05) is 53.2 Å². The van der Waals surface area contributed by atoms with Crippen LogP contribution in [0, 0.1) is 12.8 Å². The van der Waals surface area contributed by atoms with Gasteiger partial charge in [-0.15, -0.1) is 0 Å². The first-order chi connectivity index (χ1) is 17.6. The Morgan fingerprint density at radius 1 is 0.972 bits per heavy atom. The topological polar surface area (TPSA) is 83.7 Å². The Morgan fingerprint density at radius 3 is 2.50 bits per heavy atom. The highest BCUT2D eigenvalue weighted by Crippen LogP contribution is 2.22. The van der Waals surface area contributed by atoms with Gasteiger partial charge in [-0.25, -0.2) is 0 Å². The number of benzene rings is 2. The molecule has 2 aromatic carbocycles. The summed E-state index contributed by atoms with van der Waals surface area (Å²) >= 11 is 0. The number of hydrogen-bond donors (Lipinski definition) is 1. The molecule has 0 saturated carbocycles. The Labute approximate surface area is 212 Å². The van der Waals surface area contributed by atoms with E-state index in [9.17, 15) is 4.79 Å². The third-order valence-electron chi connectivity index (χ3n) is 7.13. The lowest BCUT2D eigenvalue weighted by Gasteiger charge is -2.30. The molecule has 1 N–H and O–H groups in total. The van der Waals surface area contributed by atoms with E-state index in [1.165, 1.54) is 16.7 Å². The lowest BCUT2D eigenvalue weighted by molar-refractivity contribution is -0.126. The Balaban J connectivity index is 1.08. The summed E-state index contributed by atoms with van der Waals surface area (Å²) in [5.41, 5.74) is 4.60. The molecule has 190 valence electrons. The van der Waals surface area contributed by atoms with E-state index in [-0.39, 0.29) is 11.8 Å². The molecule has 2 aliphatic rings. The lowest BCUT2D eigenvalue weighted by atomic mass is 9.95. The maximum atomic E-state index is 12.9. The number of carbonyl (C=O) groups excluding carboxylic acids is 1. The van der Waals surface area contributed by atoms with Crippen LogP contribution in [0.25, 0.3) is 11.4 Å². The van der Waals surface area contributed by atoms with Crippen LogP contribution in [0.1, 0.15) is 35.4 Å². The molecule has 2 saturated heterocycles. The predicted molar refractivity (Wildman–Crippen MR) is 137 cm³/mol. The minimum Gasteiger partial charge on any atom is -0.379 e. The summed E-state index contributed by atoms with van der Waals surface area (Å²) in [6, 6.07) is 16.5. The van der Waals surface area contributed by atoms with E-state index < -0.39 is 0 Å². The number of rotatable bonds is 8. The molecule has 0 aliphatic carbocycles. The quantitative estimate of drug-likeness (QED) is 0.519. The first kappa shape index (κ1) is 24.6. The van der Waals surface area contributed by atoms with Gasteiger partial charge in [0.2, 0.25) is 17.6 Å². The Kier molecular flexibility index (Phi) is 8.05. The van der Waals surface area contributed by atoms with Gasteiger partial charge in [0.25, 0.3) is 0 Å². The van der Waals surface area contributed by atoms with Crippen LogP contribution < -0.4 is 5.32 Å². The van der Waals surface area contributed by atoms with Gasteiger partial charge in [-0.05, 0) is 50.0 Å². The van der Waals surface area contributed by atoms with Crippen LogP contribution in [0.5, 0.6) is 0 Å². The number of morpholine rings is 1. The second-order valence-electron chi connectivity index (χ2n) is 9.81. The number of piperidine rings is 1. The number of ether oxygens (including phenoxy) is 1. The fraction of sp³-hybridized carbons (Fsp3) is 0.464. The maximum Gasteiger partial charge on any atom is 0.241 e. The SMILES string of the molecule is Cc1cccc(-c2noc(CN3CCC(C(=O)NCc4ccccc4CN4CCOCC4)CC3)n2)c1. The summed E-state index contributed by atoms with van der Waals surface area (Å²) in [6.45, 7) is 9.30. The Hall–Kier alpha value is -3.07. The molecule has 36 heavy (non-hydrogen) atoms. The van der Waals surface area contributed by atoms with Crippen molar-refractivity contribution in [1.82, 2.24) is 25.3 Å². The number of carbonyl (C=O) groups is 1. The van der Waals surface area contributed by atoms with Gasteiger partial charge >= 0.3 is 0 Å². The first-order valence-corrected chi connectivity index (χ1v) is 12.9. The highest BCUT2D eigenvalue weighted by atomic mass is 16.5. The van der Waals surface area contributed by atoms with Crippen molar-refractivity contribution in [1.29, 1.82) is 0 Å². The smallest absolute Gasteiger partial charge is 0.241 e. The van der Waals surface area contributed by atoms with Crippen LogP contribution in [-0.2, 0) is 29.2 Å². The fourth-order valence-corrected chi connectivity index (χ4v) is 4.98. The Morgan fingerprint density at radius 2 is 1.72 bits per heavy atom. The molecule has 0 radical (unpaired) electrons. The molecule has 0 spiro atoms. The van der Waals surface area contributed by atoms with Gasteiger partial charge in [-0.3, -0.25) is 14.6 Å². The minimum atomic E-state index is 0.0400. The van der Waals surface area contributed by atoms with Crippen LogP contribution in [0.4, 0.5) is 0 Å². The summed E-state index contributed by atoms with van der Waals surface area (Å²) in [6.07, 6.45) is 1.67. The van der Waals surface area contributed by atoms with Crippen molar-refractivity contribution in [3.8, 4) is 11.4 Å². The van der Waals surface area contributed by atoms with E-state index in [0.717, 1.165) is 64.3 Å². The molecule has 0 atom stereocenters. The summed E-state index contributed by atoms with van der Waals surface area (Å²) in [7, 11) is 0. The average Bonchev–Trinajstić information content (AvgIpc) is 3.38. The van der Waals surface area contributed by atoms with Gasteiger partial charge < -0.3 is 14.6 Å². The molecule has 1 aromatic heterocycles. The number of aryl methyl sites for hydroxylation is 1. The third-order valence-corrected chi connectivity index (χ3v) is 7.13. The molecule has 5 rings (SSSR count). The van der Waals surface area contributed by atoms with E-state index in [2.05, 4.69) is 62.5 Å². The predicted octanol–water partition coefficient (Wildman–Crippen LogP) is 3.41. The lowest BCUT2D eigenvalue weighted by Crippen LogP contribution is -2.40. The van der Waals surface area contributed by atoms with Crippen molar-refractivity contribution >= 4 is 5.91 Å². The van der Waals surface area contributed by atoms with Gasteiger partial charge in [0.15, 0.2) is 0 Å². The number of aromatic nitrogens is 2. The molecular weight excluding hydrogens is 454 g/mol. The van der Waals surface area contributed by atoms with Crippen LogP contribution in [-0.4, -0.2) is 65.2 Å². The van der Waals surface area contributed by atoms with E-state index in [1.54, 1.807) is 0 Å². The van der Waals surface area contributed by atoms with Crippen molar-refractivity contribution in [2.24, 2.45) is 5.92 Å². The van der Waals surface area contributed by atoms with Crippen molar-refractivity contribution < 1.29 is 14.1 Å². The molecule has 3 aromatic rings. The number of likely N-dealkylation sites (tertiary alicyclic amines) is 1. The zero-order valence-electron chi connectivity index (χ0n) is 21.0. The van der Waals surface area contributed by atoms with E-state index in [0.29, 0.717) is 24.8 Å². The minimum absolute atomic E-state index is 0.0400. The molecule has 3 heterocycles. The monoisotopic (exact) mass is 489 g/mol. The molecule has 1 amide bonds. The van der Waals surface area contributed by atoms with Gasteiger partial charge in [0.05, 0.1) is 19.8 Å². The molecular formula is C28H35N5O3. The average molecular weight is 490 g/mol. The zero-order valence-corrected chi connectivity index (χ0v) is 21.0. The van der Waals surface area contributed by atoms with Gasteiger partial charge in [0, 0.05) is 37.7 Å². The molecule has 2 fully saturated rings. The van der Waals surface area contributed by atoms with E-state index >= 15 is 0 Å². The van der Waals surface area contributed by atoms with Crippen molar-refractivity contribution in [2.75, 3.05) is 39.4 Å². The first-order valence-electron chi connectivity index (χ1n) is 12.9. The van der Waals surface area contributed by atoms with E-state index in [1.807, 2.05) is 18.2 Å². The molecule has 8 heteroatoms. The van der Waals surface area contributed by atoms with Gasteiger partial charge in [0.1, 0.15) is 0 Å². The third kappa shape index (κ3) is 6.37. The molecule has 0 unspecified atom stereocenters. The fourth-order valence-electron chi connectivity index (χ4n) is 4.98. The number of hydrogen-bond acceptors (Lipinski definition) is 7. The Bertz CT molecular complexity index is 1150. The normalized spacial score (nSPS) is 17.8. The number of nitrogens with one attached hydrogen (secondary N) is 1. The van der Waals surface area contributed by atoms with Crippen LogP contribution in [0.3, 0.4) is 0 Å². The second-order valence-corrected chi connectivity index (χ2v) is 9.81. The summed E-state index contributed by atoms with van der Waals surface area (Å²) < 4.78 is 11.0. The summed E-state index contributed by atoms with van der Waals surface area (Å²) in [4.78, 5) is 22.2. The van der Waals surface area contributed by atoms with Crippen LogP contribution >= 0.6 is 0 Å². The zero-order chi connectivity index (χ0) is 24.7. The molecule has 8 nitrogen and oxygen atoms in total. The van der Waals surface area contributed by atoms with Crippen molar-refractivity contribution in [2.45, 2.75) is 39.4 Å². The molecule has 2 aliphatic heterocycles. The highest BCUT2D eigenvalue weighted by molar-refractivity contribution is 5.78. The van der Waals surface area contributed by atoms with Crippen molar-refractivity contribution in [3.05, 3.63) is 71.1 Å². The van der Waals surface area contributed by atoms with Crippen molar-refractivity contribution in [3.63, 3.8) is 0 Å². The maximum absolute atomic E-state index is 12.9. The van der Waals surface area contributed by atoms with E-state index in [4.69, 9.17) is 9.26 Å². The number of amides is 1.